The van der Waals surface area contributed by atoms with Gasteiger partial charge in [-0.05, 0) is 115 Å². The summed E-state index contributed by atoms with van der Waals surface area (Å²) in [5, 5.41) is 0. The van der Waals surface area contributed by atoms with E-state index in [1.165, 1.54) is 96.3 Å². The summed E-state index contributed by atoms with van der Waals surface area (Å²) in [6, 6.07) is 0. The van der Waals surface area contributed by atoms with Gasteiger partial charge < -0.3 is 14.2 Å². The normalized spacial score (nSPS) is 29.5. The van der Waals surface area contributed by atoms with E-state index in [0.717, 1.165) is 69.8 Å². The highest BCUT2D eigenvalue weighted by atomic mass is 16.5. The number of carbonyl (C=O) groups is 2. The summed E-state index contributed by atoms with van der Waals surface area (Å²) in [4.78, 5) is 25.6. The Kier molecular flexibility index (Phi) is 16.7. The minimum atomic E-state index is -0.0468. The fourth-order valence-electron chi connectivity index (χ4n) is 7.57. The molecule has 3 rings (SSSR count). The lowest BCUT2D eigenvalue weighted by Crippen LogP contribution is -2.34. The Hall–Kier alpha value is -1.10. The molecule has 0 spiro atoms. The van der Waals surface area contributed by atoms with Crippen LogP contribution in [-0.2, 0) is 23.8 Å². The molecule has 0 aliphatic heterocycles. The minimum Gasteiger partial charge on any atom is -0.462 e. The third-order valence-electron chi connectivity index (χ3n) is 10.4. The maximum Gasteiger partial charge on any atom is 0.309 e. The molecular formula is C36H64O5. The summed E-state index contributed by atoms with van der Waals surface area (Å²) in [5.41, 5.74) is 0. The molecule has 5 heteroatoms. The second-order valence-electron chi connectivity index (χ2n) is 13.8. The van der Waals surface area contributed by atoms with Crippen molar-refractivity contribution in [3.63, 3.8) is 0 Å². The van der Waals surface area contributed by atoms with Crippen LogP contribution in [-0.4, -0.2) is 36.9 Å². The molecule has 0 saturated heterocycles. The van der Waals surface area contributed by atoms with Crippen LogP contribution in [0.1, 0.15) is 168 Å². The maximum absolute atomic E-state index is 13.0. The van der Waals surface area contributed by atoms with Crippen molar-refractivity contribution in [2.75, 3.05) is 6.61 Å². The number of rotatable bonds is 18. The van der Waals surface area contributed by atoms with Gasteiger partial charge in [0.2, 0.25) is 0 Å². The number of ether oxygens (including phenoxy) is 3. The Balaban J connectivity index is 1.23. The average molecular weight is 577 g/mol. The van der Waals surface area contributed by atoms with Gasteiger partial charge in [-0.15, -0.1) is 0 Å². The van der Waals surface area contributed by atoms with Crippen LogP contribution in [0.4, 0.5) is 0 Å². The van der Waals surface area contributed by atoms with Crippen molar-refractivity contribution in [2.24, 2.45) is 23.7 Å². The van der Waals surface area contributed by atoms with Crippen LogP contribution in [0.25, 0.3) is 0 Å². The summed E-state index contributed by atoms with van der Waals surface area (Å²) in [6.07, 6.45) is 26.6. The number of esters is 2. The predicted molar refractivity (Wildman–Crippen MR) is 167 cm³/mol. The number of unbranched alkanes of at least 4 members (excludes halogenated alkanes) is 8. The van der Waals surface area contributed by atoms with E-state index < -0.39 is 0 Å². The molecule has 1 atom stereocenters. The zero-order valence-electron chi connectivity index (χ0n) is 27.1. The quantitative estimate of drug-likeness (QED) is 0.120. The van der Waals surface area contributed by atoms with Crippen LogP contribution in [0.3, 0.4) is 0 Å². The molecule has 0 aromatic carbocycles. The maximum atomic E-state index is 13.0. The van der Waals surface area contributed by atoms with Gasteiger partial charge in [0, 0.05) is 6.61 Å². The van der Waals surface area contributed by atoms with Crippen LogP contribution in [0, 0.1) is 23.7 Å². The lowest BCUT2D eigenvalue weighted by atomic mass is 9.70. The first-order valence-corrected chi connectivity index (χ1v) is 18.0. The third-order valence-corrected chi connectivity index (χ3v) is 10.4. The van der Waals surface area contributed by atoms with E-state index >= 15 is 0 Å². The molecule has 3 aliphatic carbocycles. The lowest BCUT2D eigenvalue weighted by molar-refractivity contribution is -0.160. The molecular weight excluding hydrogens is 512 g/mol. The van der Waals surface area contributed by atoms with Crippen LogP contribution in [0.15, 0.2) is 0 Å². The van der Waals surface area contributed by atoms with Gasteiger partial charge in [-0.1, -0.05) is 65.2 Å². The van der Waals surface area contributed by atoms with E-state index in [1.54, 1.807) is 0 Å². The largest absolute Gasteiger partial charge is 0.462 e. The Morgan fingerprint density at radius 3 is 1.71 bits per heavy atom. The molecule has 0 aromatic rings. The highest BCUT2D eigenvalue weighted by Gasteiger charge is 2.35. The van der Waals surface area contributed by atoms with Crippen molar-refractivity contribution < 1.29 is 23.8 Å². The molecule has 0 radical (unpaired) electrons. The molecule has 1 unspecified atom stereocenters. The van der Waals surface area contributed by atoms with Crippen LogP contribution in [0.2, 0.25) is 0 Å². The van der Waals surface area contributed by atoms with Gasteiger partial charge in [0.05, 0.1) is 24.0 Å². The smallest absolute Gasteiger partial charge is 0.309 e. The number of hydrogen-bond acceptors (Lipinski definition) is 5. The van der Waals surface area contributed by atoms with Crippen molar-refractivity contribution in [1.82, 2.24) is 0 Å². The van der Waals surface area contributed by atoms with Crippen molar-refractivity contribution in [2.45, 2.75) is 187 Å². The van der Waals surface area contributed by atoms with Crippen molar-refractivity contribution >= 4 is 11.9 Å². The Bertz CT molecular complexity index is 699. The van der Waals surface area contributed by atoms with E-state index in [-0.39, 0.29) is 36.0 Å². The minimum absolute atomic E-state index is 0.00307. The van der Waals surface area contributed by atoms with Gasteiger partial charge in [-0.2, -0.15) is 0 Å². The fourth-order valence-corrected chi connectivity index (χ4v) is 7.57. The monoisotopic (exact) mass is 576 g/mol. The zero-order chi connectivity index (χ0) is 29.3. The standard InChI is InChI=1S/C36H64O5/c1-4-6-8-10-11-13-27-39-33-23-19-30(20-24-33)29-15-17-31(18-16-29)36(38)41-34-25-21-32(22-26-34)35(37)40-28(3)14-12-9-7-5-2/h28-34H,4-27H2,1-3H3. The number of hydrogen-bond donors (Lipinski definition) is 0. The second-order valence-corrected chi connectivity index (χ2v) is 13.8. The molecule has 5 nitrogen and oxygen atoms in total. The van der Waals surface area contributed by atoms with E-state index in [2.05, 4.69) is 13.8 Å². The number of carbonyl (C=O) groups excluding carboxylic acids is 2. The van der Waals surface area contributed by atoms with Gasteiger partial charge in [-0.25, -0.2) is 0 Å². The summed E-state index contributed by atoms with van der Waals surface area (Å²) in [7, 11) is 0. The van der Waals surface area contributed by atoms with Crippen molar-refractivity contribution in [1.29, 1.82) is 0 Å². The van der Waals surface area contributed by atoms with Crippen molar-refractivity contribution in [3.05, 3.63) is 0 Å². The first-order valence-electron chi connectivity index (χ1n) is 18.0. The summed E-state index contributed by atoms with van der Waals surface area (Å²) >= 11 is 0. The summed E-state index contributed by atoms with van der Waals surface area (Å²) < 4.78 is 17.9. The van der Waals surface area contributed by atoms with Crippen molar-refractivity contribution in [3.8, 4) is 0 Å². The van der Waals surface area contributed by atoms with E-state index in [4.69, 9.17) is 14.2 Å². The molecule has 41 heavy (non-hydrogen) atoms. The van der Waals surface area contributed by atoms with Gasteiger partial charge in [0.25, 0.3) is 0 Å². The fraction of sp³-hybridized carbons (Fsp3) is 0.944. The first kappa shape index (κ1) is 34.4. The highest BCUT2D eigenvalue weighted by Crippen LogP contribution is 2.41. The molecule has 0 bridgehead atoms. The van der Waals surface area contributed by atoms with Gasteiger partial charge in [0.1, 0.15) is 6.10 Å². The average Bonchev–Trinajstić information content (AvgIpc) is 2.99. The van der Waals surface area contributed by atoms with Gasteiger partial charge in [-0.3, -0.25) is 9.59 Å². The lowest BCUT2D eigenvalue weighted by Gasteiger charge is -2.37. The summed E-state index contributed by atoms with van der Waals surface area (Å²) in [6.45, 7) is 7.44. The Morgan fingerprint density at radius 1 is 0.585 bits per heavy atom. The molecule has 3 aliphatic rings. The summed E-state index contributed by atoms with van der Waals surface area (Å²) in [5.74, 6) is 1.59. The van der Waals surface area contributed by atoms with Crippen LogP contribution < -0.4 is 0 Å². The van der Waals surface area contributed by atoms with E-state index in [1.807, 2.05) is 6.92 Å². The molecule has 0 aromatic heterocycles. The second kappa shape index (κ2) is 20.0. The van der Waals surface area contributed by atoms with Crippen LogP contribution >= 0.6 is 0 Å². The van der Waals surface area contributed by atoms with Gasteiger partial charge in [0.15, 0.2) is 0 Å². The first-order chi connectivity index (χ1) is 20.0. The van der Waals surface area contributed by atoms with E-state index in [0.29, 0.717) is 6.10 Å². The molecule has 3 saturated carbocycles. The molecule has 0 N–H and O–H groups in total. The molecule has 3 fully saturated rings. The topological polar surface area (TPSA) is 61.8 Å². The SMILES string of the molecule is CCCCCCCCOC1CCC(C2CCC(C(=O)OC3CCC(C(=O)OC(C)CCCCCC)CC3)CC2)CC1. The van der Waals surface area contributed by atoms with Crippen LogP contribution in [0.5, 0.6) is 0 Å². The molecule has 0 heterocycles. The predicted octanol–water partition coefficient (Wildman–Crippen LogP) is 9.73. The van der Waals surface area contributed by atoms with E-state index in [9.17, 15) is 9.59 Å². The highest BCUT2D eigenvalue weighted by molar-refractivity contribution is 5.73. The molecule has 238 valence electrons. The van der Waals surface area contributed by atoms with Gasteiger partial charge >= 0.3 is 11.9 Å². The third kappa shape index (κ3) is 13.0. The Morgan fingerprint density at radius 2 is 1.07 bits per heavy atom. The molecule has 0 amide bonds. The Labute approximate surface area is 252 Å². The zero-order valence-corrected chi connectivity index (χ0v) is 27.1.